The zero-order valence-electron chi connectivity index (χ0n) is 12.4. The first-order chi connectivity index (χ1) is 11.1. The maximum absolute atomic E-state index is 10.3. The third kappa shape index (κ3) is 2.81. The van der Waals surface area contributed by atoms with Crippen LogP contribution in [-0.2, 0) is 9.47 Å². The summed E-state index contributed by atoms with van der Waals surface area (Å²) in [6, 6.07) is 0. The molecule has 0 saturated carbocycles. The molecule has 0 unspecified atom stereocenters. The summed E-state index contributed by atoms with van der Waals surface area (Å²) in [6.07, 6.45) is 0.207. The van der Waals surface area contributed by atoms with Gasteiger partial charge in [-0.2, -0.15) is 9.97 Å². The van der Waals surface area contributed by atoms with Crippen LogP contribution in [-0.4, -0.2) is 66.8 Å². The molecule has 1 saturated heterocycles. The highest BCUT2D eigenvalue weighted by atomic mass is 32.2. The Morgan fingerprint density at radius 2 is 2.22 bits per heavy atom. The fourth-order valence-corrected chi connectivity index (χ4v) is 2.85. The van der Waals surface area contributed by atoms with Gasteiger partial charge in [0.2, 0.25) is 5.95 Å². The van der Waals surface area contributed by atoms with Crippen LogP contribution in [0.3, 0.4) is 0 Å². The molecule has 3 heterocycles. The molecule has 6 N–H and O–H groups in total. The molecule has 1 fully saturated rings. The lowest BCUT2D eigenvalue weighted by molar-refractivity contribution is -0.0607. The zero-order chi connectivity index (χ0) is 16.6. The average molecular weight is 342 g/mol. The smallest absolute Gasteiger partial charge is 0.224 e. The van der Waals surface area contributed by atoms with Crippen molar-refractivity contribution in [2.24, 2.45) is 0 Å². The van der Waals surface area contributed by atoms with Gasteiger partial charge in [-0.15, -0.1) is 11.8 Å². The highest BCUT2D eigenvalue weighted by Gasteiger charge is 2.45. The molecule has 126 valence electrons. The molecule has 0 spiro atoms. The number of aliphatic hydroxyl groups is 2. The van der Waals surface area contributed by atoms with Crippen molar-refractivity contribution in [3.8, 4) is 0 Å². The number of imidazole rings is 1. The van der Waals surface area contributed by atoms with Crippen molar-refractivity contribution in [3.63, 3.8) is 0 Å². The highest BCUT2D eigenvalue weighted by Crippen LogP contribution is 2.34. The molecule has 3 rings (SSSR count). The van der Waals surface area contributed by atoms with E-state index in [0.717, 1.165) is 0 Å². The van der Waals surface area contributed by atoms with E-state index in [1.807, 2.05) is 6.26 Å². The van der Waals surface area contributed by atoms with E-state index in [9.17, 15) is 10.2 Å². The lowest BCUT2D eigenvalue weighted by Gasteiger charge is -2.21. The van der Waals surface area contributed by atoms with Crippen molar-refractivity contribution in [3.05, 3.63) is 6.33 Å². The van der Waals surface area contributed by atoms with Crippen LogP contribution in [0, 0.1) is 0 Å². The highest BCUT2D eigenvalue weighted by molar-refractivity contribution is 7.98. The minimum absolute atomic E-state index is 0.00980. The number of hydrogen-bond acceptors (Lipinski definition) is 10. The molecule has 11 heteroatoms. The van der Waals surface area contributed by atoms with E-state index in [1.165, 1.54) is 18.1 Å². The molecular formula is C12H18N6O4S. The Kier molecular flexibility index (Phi) is 4.55. The first-order valence-electron chi connectivity index (χ1n) is 6.87. The zero-order valence-corrected chi connectivity index (χ0v) is 13.2. The number of rotatable bonds is 5. The minimum Gasteiger partial charge on any atom is -0.394 e. The maximum Gasteiger partial charge on any atom is 0.224 e. The van der Waals surface area contributed by atoms with Crippen molar-refractivity contribution in [2.75, 3.05) is 30.3 Å². The van der Waals surface area contributed by atoms with Gasteiger partial charge in [0.25, 0.3) is 0 Å². The summed E-state index contributed by atoms with van der Waals surface area (Å²) >= 11 is 1.47. The van der Waals surface area contributed by atoms with E-state index >= 15 is 0 Å². The van der Waals surface area contributed by atoms with Gasteiger partial charge in [0, 0.05) is 0 Å². The van der Waals surface area contributed by atoms with Crippen molar-refractivity contribution in [1.29, 1.82) is 0 Å². The Balaban J connectivity index is 2.01. The van der Waals surface area contributed by atoms with E-state index in [2.05, 4.69) is 15.0 Å². The quantitative estimate of drug-likeness (QED) is 0.494. The van der Waals surface area contributed by atoms with Crippen LogP contribution in [0.5, 0.6) is 0 Å². The number of aliphatic hydroxyl groups excluding tert-OH is 2. The van der Waals surface area contributed by atoms with Crippen molar-refractivity contribution < 1.29 is 19.7 Å². The number of hydrogen-bond donors (Lipinski definition) is 4. The standard InChI is InChI=1S/C12H18N6O4S/c1-23-4-21-8-7(20)5(2-19)22-11(8)18-3-15-6-9(13)16-12(14)17-10(6)18/h3,5,7-8,11,19-20H,2,4H2,1H3,(H4,13,14,16,17)/t5-,7-,8-,11-/m1/s1. The van der Waals surface area contributed by atoms with Crippen LogP contribution < -0.4 is 11.5 Å². The second-order valence-corrected chi connectivity index (χ2v) is 5.88. The van der Waals surface area contributed by atoms with Gasteiger partial charge in [-0.25, -0.2) is 4.98 Å². The number of nitrogens with two attached hydrogens (primary N) is 2. The number of anilines is 2. The Bertz CT molecular complexity index is 697. The number of thioether (sulfide) groups is 1. The molecule has 0 radical (unpaired) electrons. The predicted octanol–water partition coefficient (Wildman–Crippen LogP) is -1.05. The minimum atomic E-state index is -0.980. The Hall–Kier alpha value is -1.66. The third-order valence-electron chi connectivity index (χ3n) is 3.61. The van der Waals surface area contributed by atoms with Gasteiger partial charge in [0.05, 0.1) is 18.9 Å². The van der Waals surface area contributed by atoms with E-state index in [1.54, 1.807) is 4.57 Å². The summed E-state index contributed by atoms with van der Waals surface area (Å²) in [4.78, 5) is 12.2. The first kappa shape index (κ1) is 16.2. The molecule has 1 aliphatic rings. The number of fused-ring (bicyclic) bond motifs is 1. The second kappa shape index (κ2) is 6.45. The molecule has 2 aromatic heterocycles. The van der Waals surface area contributed by atoms with Crippen molar-refractivity contribution in [2.45, 2.75) is 24.5 Å². The van der Waals surface area contributed by atoms with Gasteiger partial charge in [-0.05, 0) is 6.26 Å². The largest absolute Gasteiger partial charge is 0.394 e. The topological polar surface area (TPSA) is 155 Å². The Morgan fingerprint density at radius 1 is 1.43 bits per heavy atom. The van der Waals surface area contributed by atoms with Crippen LogP contribution in [0.25, 0.3) is 11.2 Å². The molecule has 1 aliphatic heterocycles. The van der Waals surface area contributed by atoms with Crippen molar-refractivity contribution >= 4 is 34.7 Å². The normalized spacial score (nSPS) is 27.8. The van der Waals surface area contributed by atoms with Gasteiger partial charge >= 0.3 is 0 Å². The number of aromatic nitrogens is 4. The summed E-state index contributed by atoms with van der Waals surface area (Å²) in [7, 11) is 0. The SMILES string of the molecule is CSCO[C@@H]1[C@H](O)[C@@H](CO)O[C@H]1n1cnc2c(N)nc(N)nc21. The van der Waals surface area contributed by atoms with Gasteiger partial charge in [-0.1, -0.05) is 0 Å². The van der Waals surface area contributed by atoms with E-state index in [4.69, 9.17) is 20.9 Å². The molecule has 0 aliphatic carbocycles. The molecular weight excluding hydrogens is 324 g/mol. The van der Waals surface area contributed by atoms with Crippen molar-refractivity contribution in [1.82, 2.24) is 19.5 Å². The second-order valence-electron chi connectivity index (χ2n) is 5.07. The molecule has 10 nitrogen and oxygen atoms in total. The fourth-order valence-electron chi connectivity index (χ4n) is 2.56. The lowest BCUT2D eigenvalue weighted by Crippen LogP contribution is -2.35. The summed E-state index contributed by atoms with van der Waals surface area (Å²) in [6.45, 7) is -0.331. The van der Waals surface area contributed by atoms with Crippen LogP contribution in [0.4, 0.5) is 11.8 Å². The molecule has 2 aromatic rings. The first-order valence-corrected chi connectivity index (χ1v) is 8.26. The summed E-state index contributed by atoms with van der Waals surface area (Å²) in [5.74, 6) is 0.534. The van der Waals surface area contributed by atoms with Crippen LogP contribution in [0.15, 0.2) is 6.33 Å². The number of nitrogen functional groups attached to an aromatic ring is 2. The third-order valence-corrected chi connectivity index (χ3v) is 3.98. The molecule has 0 bridgehead atoms. The molecule has 0 amide bonds. The summed E-state index contributed by atoms with van der Waals surface area (Å²) in [5.41, 5.74) is 12.2. The summed E-state index contributed by atoms with van der Waals surface area (Å²) < 4.78 is 13.0. The predicted molar refractivity (Wildman–Crippen MR) is 84.4 cm³/mol. The fraction of sp³-hybridized carbons (Fsp3) is 0.583. The Labute approximate surface area is 135 Å². The van der Waals surface area contributed by atoms with Crippen LogP contribution in [0.1, 0.15) is 6.23 Å². The lowest BCUT2D eigenvalue weighted by atomic mass is 10.1. The van der Waals surface area contributed by atoms with E-state index < -0.39 is 24.5 Å². The van der Waals surface area contributed by atoms with Gasteiger partial charge < -0.3 is 31.2 Å². The van der Waals surface area contributed by atoms with Gasteiger partial charge in [0.1, 0.15) is 23.8 Å². The van der Waals surface area contributed by atoms with Crippen LogP contribution in [0.2, 0.25) is 0 Å². The Morgan fingerprint density at radius 3 is 2.91 bits per heavy atom. The number of nitrogens with zero attached hydrogens (tertiary/aromatic N) is 4. The maximum atomic E-state index is 10.3. The molecule has 4 atom stereocenters. The average Bonchev–Trinajstić information content (AvgIpc) is 3.06. The van der Waals surface area contributed by atoms with E-state index in [-0.39, 0.29) is 18.4 Å². The summed E-state index contributed by atoms with van der Waals surface area (Å²) in [5, 5.41) is 19.7. The molecule has 0 aromatic carbocycles. The molecule has 23 heavy (non-hydrogen) atoms. The monoisotopic (exact) mass is 342 g/mol. The number of ether oxygens (including phenoxy) is 2. The van der Waals surface area contributed by atoms with Gasteiger partial charge in [-0.3, -0.25) is 4.57 Å². The van der Waals surface area contributed by atoms with E-state index in [0.29, 0.717) is 17.1 Å². The van der Waals surface area contributed by atoms with Gasteiger partial charge in [0.15, 0.2) is 17.7 Å². The van der Waals surface area contributed by atoms with Crippen LogP contribution >= 0.6 is 11.8 Å².